The zero-order chi connectivity index (χ0) is 16.0. The number of aromatic carboxylic acids is 1. The molecule has 0 radical (unpaired) electrons. The van der Waals surface area contributed by atoms with Crippen LogP contribution in [0.5, 0.6) is 0 Å². The molecule has 0 aliphatic heterocycles. The Morgan fingerprint density at radius 2 is 2.00 bits per heavy atom. The predicted octanol–water partition coefficient (Wildman–Crippen LogP) is 2.59. The Kier molecular flexibility index (Phi) is 5.67. The van der Waals surface area contributed by atoms with Crippen LogP contribution in [-0.4, -0.2) is 23.1 Å². The number of carboxylic acid groups (broad SMARTS) is 1. The van der Waals surface area contributed by atoms with Crippen LogP contribution in [0.15, 0.2) is 12.1 Å². The lowest BCUT2D eigenvalue weighted by molar-refractivity contribution is 0.0697. The standard InChI is InChI=1S/C14H14F2N2O3/c1-3-5-8(4-2)17-14(21)18-12-7-11(16)10(15)6-9(12)13(19)20/h1,6-8H,4-5H2,2H3,(H,19,20)(H2,17,18,21). The van der Waals surface area contributed by atoms with Gasteiger partial charge in [0.25, 0.3) is 0 Å². The molecular formula is C14H14F2N2O3. The number of amides is 2. The third kappa shape index (κ3) is 4.45. The van der Waals surface area contributed by atoms with Crippen molar-refractivity contribution in [3.63, 3.8) is 0 Å². The second-order valence-electron chi connectivity index (χ2n) is 4.23. The fourth-order valence-electron chi connectivity index (χ4n) is 1.61. The minimum atomic E-state index is -1.49. The molecule has 0 aliphatic carbocycles. The second kappa shape index (κ2) is 7.24. The smallest absolute Gasteiger partial charge is 0.337 e. The fourth-order valence-corrected chi connectivity index (χ4v) is 1.61. The van der Waals surface area contributed by atoms with Crippen LogP contribution in [0.3, 0.4) is 0 Å². The van der Waals surface area contributed by atoms with Crippen molar-refractivity contribution in [3.05, 3.63) is 29.3 Å². The number of halogens is 2. The number of hydrogen-bond acceptors (Lipinski definition) is 2. The molecular weight excluding hydrogens is 282 g/mol. The number of terminal acetylenes is 1. The lowest BCUT2D eigenvalue weighted by atomic mass is 10.1. The average Bonchev–Trinajstić information content (AvgIpc) is 2.41. The van der Waals surface area contributed by atoms with Crippen molar-refractivity contribution in [1.29, 1.82) is 0 Å². The SMILES string of the molecule is C#CCC(CC)NC(=O)Nc1cc(F)c(F)cc1C(=O)O. The van der Waals surface area contributed by atoms with Crippen LogP contribution in [0.25, 0.3) is 0 Å². The van der Waals surface area contributed by atoms with E-state index in [0.29, 0.717) is 25.0 Å². The normalized spacial score (nSPS) is 11.3. The molecule has 0 saturated heterocycles. The molecule has 0 saturated carbocycles. The predicted molar refractivity (Wildman–Crippen MR) is 73.0 cm³/mol. The number of hydrogen-bond donors (Lipinski definition) is 3. The molecule has 7 heteroatoms. The molecule has 0 aromatic heterocycles. The molecule has 0 spiro atoms. The summed E-state index contributed by atoms with van der Waals surface area (Å²) in [5, 5.41) is 13.6. The number of urea groups is 1. The lowest BCUT2D eigenvalue weighted by Crippen LogP contribution is -2.37. The van der Waals surface area contributed by atoms with E-state index in [2.05, 4.69) is 16.6 Å². The molecule has 1 atom stereocenters. The summed E-state index contributed by atoms with van der Waals surface area (Å²) in [6, 6.07) is 0.0752. The minimum Gasteiger partial charge on any atom is -0.478 e. The summed E-state index contributed by atoms with van der Waals surface area (Å²) in [6.07, 6.45) is 6.01. The molecule has 1 aromatic rings. The Labute approximate surface area is 120 Å². The van der Waals surface area contributed by atoms with E-state index in [1.54, 1.807) is 0 Å². The van der Waals surface area contributed by atoms with Crippen LogP contribution in [0.2, 0.25) is 0 Å². The zero-order valence-electron chi connectivity index (χ0n) is 11.2. The number of benzene rings is 1. The van der Waals surface area contributed by atoms with Gasteiger partial charge in [0.1, 0.15) is 0 Å². The van der Waals surface area contributed by atoms with E-state index in [-0.39, 0.29) is 11.7 Å². The molecule has 0 bridgehead atoms. The van der Waals surface area contributed by atoms with E-state index >= 15 is 0 Å². The Morgan fingerprint density at radius 1 is 1.38 bits per heavy atom. The Morgan fingerprint density at radius 3 is 2.52 bits per heavy atom. The first-order chi connectivity index (χ1) is 9.88. The highest BCUT2D eigenvalue weighted by atomic mass is 19.2. The lowest BCUT2D eigenvalue weighted by Gasteiger charge is -2.16. The van der Waals surface area contributed by atoms with Crippen molar-refractivity contribution >= 4 is 17.7 Å². The largest absolute Gasteiger partial charge is 0.478 e. The van der Waals surface area contributed by atoms with Crippen LogP contribution in [0.1, 0.15) is 30.1 Å². The first kappa shape index (κ1) is 16.4. The van der Waals surface area contributed by atoms with Gasteiger partial charge in [-0.25, -0.2) is 18.4 Å². The van der Waals surface area contributed by atoms with Gasteiger partial charge in [-0.05, 0) is 12.5 Å². The summed E-state index contributed by atoms with van der Waals surface area (Å²) in [5.41, 5.74) is -0.886. The summed E-state index contributed by atoms with van der Waals surface area (Å²) in [7, 11) is 0. The molecule has 1 rings (SSSR count). The van der Waals surface area contributed by atoms with Gasteiger partial charge in [0.05, 0.1) is 11.3 Å². The van der Waals surface area contributed by atoms with E-state index in [9.17, 15) is 18.4 Å². The highest BCUT2D eigenvalue weighted by molar-refractivity contribution is 6.00. The van der Waals surface area contributed by atoms with Gasteiger partial charge in [-0.15, -0.1) is 12.3 Å². The Bertz CT molecular complexity index is 597. The quantitative estimate of drug-likeness (QED) is 0.731. The molecule has 1 unspecified atom stereocenters. The van der Waals surface area contributed by atoms with Crippen LogP contribution in [0.4, 0.5) is 19.3 Å². The van der Waals surface area contributed by atoms with Crippen LogP contribution >= 0.6 is 0 Å². The van der Waals surface area contributed by atoms with Gasteiger partial charge in [0.15, 0.2) is 11.6 Å². The number of anilines is 1. The Balaban J connectivity index is 2.92. The fraction of sp³-hybridized carbons (Fsp3) is 0.286. The van der Waals surface area contributed by atoms with E-state index in [0.717, 1.165) is 0 Å². The maximum absolute atomic E-state index is 13.2. The van der Waals surface area contributed by atoms with Gasteiger partial charge >= 0.3 is 12.0 Å². The van der Waals surface area contributed by atoms with E-state index < -0.39 is 29.2 Å². The van der Waals surface area contributed by atoms with Crippen molar-refractivity contribution < 1.29 is 23.5 Å². The average molecular weight is 296 g/mol. The van der Waals surface area contributed by atoms with E-state index in [1.807, 2.05) is 6.92 Å². The summed E-state index contributed by atoms with van der Waals surface area (Å²) >= 11 is 0. The van der Waals surface area contributed by atoms with E-state index in [4.69, 9.17) is 11.5 Å². The molecule has 0 aliphatic rings. The second-order valence-corrected chi connectivity index (χ2v) is 4.23. The molecule has 21 heavy (non-hydrogen) atoms. The van der Waals surface area contributed by atoms with Crippen molar-refractivity contribution in [2.75, 3.05) is 5.32 Å². The molecule has 5 nitrogen and oxygen atoms in total. The summed E-state index contributed by atoms with van der Waals surface area (Å²) in [4.78, 5) is 22.7. The number of carbonyl (C=O) groups is 2. The van der Waals surface area contributed by atoms with Crippen molar-refractivity contribution in [3.8, 4) is 12.3 Å². The molecule has 0 heterocycles. The van der Waals surface area contributed by atoms with Crippen LogP contribution < -0.4 is 10.6 Å². The maximum atomic E-state index is 13.2. The van der Waals surface area contributed by atoms with Crippen molar-refractivity contribution in [1.82, 2.24) is 5.32 Å². The molecule has 1 aromatic carbocycles. The van der Waals surface area contributed by atoms with Crippen LogP contribution in [0, 0.1) is 24.0 Å². The monoisotopic (exact) mass is 296 g/mol. The van der Waals surface area contributed by atoms with Crippen molar-refractivity contribution in [2.45, 2.75) is 25.8 Å². The number of carboxylic acids is 1. The van der Waals surface area contributed by atoms with Crippen LogP contribution in [-0.2, 0) is 0 Å². The highest BCUT2D eigenvalue weighted by Crippen LogP contribution is 2.20. The van der Waals surface area contributed by atoms with Crippen molar-refractivity contribution in [2.24, 2.45) is 0 Å². The van der Waals surface area contributed by atoms with E-state index in [1.165, 1.54) is 0 Å². The third-order valence-corrected chi connectivity index (χ3v) is 2.73. The van der Waals surface area contributed by atoms with Gasteiger partial charge < -0.3 is 15.7 Å². The van der Waals surface area contributed by atoms with Gasteiger partial charge in [0, 0.05) is 18.5 Å². The summed E-state index contributed by atoms with van der Waals surface area (Å²) in [5.74, 6) is -1.66. The number of rotatable bonds is 5. The topological polar surface area (TPSA) is 78.4 Å². The first-order valence-electron chi connectivity index (χ1n) is 6.12. The minimum absolute atomic E-state index is 0.298. The molecule has 0 fully saturated rings. The molecule has 112 valence electrons. The number of nitrogens with one attached hydrogen (secondary N) is 2. The first-order valence-corrected chi connectivity index (χ1v) is 6.12. The number of carbonyl (C=O) groups excluding carboxylic acids is 1. The molecule has 3 N–H and O–H groups in total. The molecule has 2 amide bonds. The van der Waals surface area contributed by atoms with Gasteiger partial charge in [-0.3, -0.25) is 0 Å². The van der Waals surface area contributed by atoms with Gasteiger partial charge in [0.2, 0.25) is 0 Å². The zero-order valence-corrected chi connectivity index (χ0v) is 11.2. The third-order valence-electron chi connectivity index (χ3n) is 2.73. The maximum Gasteiger partial charge on any atom is 0.337 e. The highest BCUT2D eigenvalue weighted by Gasteiger charge is 2.18. The summed E-state index contributed by atoms with van der Waals surface area (Å²) < 4.78 is 26.2. The Hall–Kier alpha value is -2.62. The van der Waals surface area contributed by atoms with Gasteiger partial charge in [-0.1, -0.05) is 6.92 Å². The summed E-state index contributed by atoms with van der Waals surface area (Å²) in [6.45, 7) is 1.81. The van der Waals surface area contributed by atoms with Gasteiger partial charge in [-0.2, -0.15) is 0 Å².